The lowest BCUT2D eigenvalue weighted by atomic mass is 10.1. The number of hydrogen-bond acceptors (Lipinski definition) is 4. The Hall–Kier alpha value is -1.89. The van der Waals surface area contributed by atoms with Crippen molar-refractivity contribution in [2.45, 2.75) is 70.6 Å². The summed E-state index contributed by atoms with van der Waals surface area (Å²) in [4.78, 5) is 23.0. The molecule has 0 spiro atoms. The molecule has 1 aromatic carbocycles. The molecule has 2 amide bonds. The van der Waals surface area contributed by atoms with Crippen molar-refractivity contribution >= 4 is 27.5 Å². The van der Waals surface area contributed by atoms with Crippen LogP contribution in [0.5, 0.6) is 0 Å². The third kappa shape index (κ3) is 7.69. The van der Waals surface area contributed by atoms with Crippen molar-refractivity contribution in [2.24, 2.45) is 0 Å². The molecule has 0 saturated heterocycles. The van der Waals surface area contributed by atoms with E-state index in [4.69, 9.17) is 0 Å². The van der Waals surface area contributed by atoms with Crippen LogP contribution in [0.25, 0.3) is 0 Å². The lowest BCUT2D eigenvalue weighted by Crippen LogP contribution is -2.30. The van der Waals surface area contributed by atoms with Crippen molar-refractivity contribution in [3.63, 3.8) is 0 Å². The number of anilines is 1. The van der Waals surface area contributed by atoms with E-state index in [2.05, 4.69) is 17.0 Å². The molecule has 7 heteroatoms. The molecule has 0 heterocycles. The molecule has 1 rings (SSSR count). The van der Waals surface area contributed by atoms with E-state index in [9.17, 15) is 18.0 Å². The van der Waals surface area contributed by atoms with Gasteiger partial charge < -0.3 is 5.32 Å². The van der Waals surface area contributed by atoms with Crippen LogP contribution in [0, 0.1) is 6.92 Å². The molecule has 0 aliphatic carbocycles. The number of hydrogen-bond donors (Lipinski definition) is 2. The topological polar surface area (TPSA) is 92.3 Å². The Bertz CT molecular complexity index is 699. The van der Waals surface area contributed by atoms with Gasteiger partial charge in [-0.2, -0.15) is 0 Å². The summed E-state index contributed by atoms with van der Waals surface area (Å²) in [6.07, 6.45) is 6.39. The Morgan fingerprint density at radius 2 is 1.68 bits per heavy atom. The third-order valence-corrected chi connectivity index (χ3v) is 5.20. The molecule has 0 aliphatic rings. The minimum atomic E-state index is -3.89. The van der Waals surface area contributed by atoms with Gasteiger partial charge in [0.05, 0.1) is 4.90 Å². The van der Waals surface area contributed by atoms with Crippen molar-refractivity contribution in [3.05, 3.63) is 23.8 Å². The quantitative estimate of drug-likeness (QED) is 0.618. The van der Waals surface area contributed by atoms with Crippen LogP contribution in [0.15, 0.2) is 23.1 Å². The predicted molar refractivity (Wildman–Crippen MR) is 98.8 cm³/mol. The number of aryl methyl sites for hydroxylation is 1. The molecule has 0 atom stereocenters. The lowest BCUT2D eigenvalue weighted by molar-refractivity contribution is -0.119. The number of carbonyl (C=O) groups is 2. The van der Waals surface area contributed by atoms with Gasteiger partial charge in [-0.1, -0.05) is 39.0 Å². The SMILES string of the molecule is CCCCCCCCC(=O)NS(=O)(=O)c1ccc(NC(C)=O)c(C)c1. The van der Waals surface area contributed by atoms with Gasteiger partial charge in [0.2, 0.25) is 11.8 Å². The molecule has 6 nitrogen and oxygen atoms in total. The highest BCUT2D eigenvalue weighted by Gasteiger charge is 2.18. The fourth-order valence-electron chi connectivity index (χ4n) is 2.46. The summed E-state index contributed by atoms with van der Waals surface area (Å²) < 4.78 is 26.7. The zero-order valence-electron chi connectivity index (χ0n) is 15.2. The van der Waals surface area contributed by atoms with E-state index in [1.807, 2.05) is 0 Å². The molecule has 0 fully saturated rings. The van der Waals surface area contributed by atoms with Gasteiger partial charge in [0.25, 0.3) is 10.0 Å². The van der Waals surface area contributed by atoms with E-state index in [0.717, 1.165) is 19.3 Å². The molecule has 0 bridgehead atoms. The van der Waals surface area contributed by atoms with Crippen LogP contribution in [0.2, 0.25) is 0 Å². The van der Waals surface area contributed by atoms with Crippen LogP contribution < -0.4 is 10.0 Å². The fraction of sp³-hybridized carbons (Fsp3) is 0.556. The van der Waals surface area contributed by atoms with Gasteiger partial charge in [0.15, 0.2) is 0 Å². The number of nitrogens with one attached hydrogen (secondary N) is 2. The van der Waals surface area contributed by atoms with E-state index >= 15 is 0 Å². The van der Waals surface area contributed by atoms with Crippen molar-refractivity contribution in [1.82, 2.24) is 4.72 Å². The minimum Gasteiger partial charge on any atom is -0.326 e. The Morgan fingerprint density at radius 1 is 1.04 bits per heavy atom. The summed E-state index contributed by atoms with van der Waals surface area (Å²) in [5.41, 5.74) is 1.16. The third-order valence-electron chi connectivity index (χ3n) is 3.82. The number of sulfonamides is 1. The average molecular weight is 368 g/mol. The van der Waals surface area contributed by atoms with Crippen molar-refractivity contribution in [3.8, 4) is 0 Å². The number of amides is 2. The van der Waals surface area contributed by atoms with E-state index in [-0.39, 0.29) is 17.2 Å². The monoisotopic (exact) mass is 368 g/mol. The van der Waals surface area contributed by atoms with E-state index in [1.165, 1.54) is 38.0 Å². The van der Waals surface area contributed by atoms with Gasteiger partial charge in [0.1, 0.15) is 0 Å². The maximum absolute atomic E-state index is 12.3. The summed E-state index contributed by atoms with van der Waals surface area (Å²) in [7, 11) is -3.89. The zero-order valence-corrected chi connectivity index (χ0v) is 16.0. The van der Waals surface area contributed by atoms with Crippen molar-refractivity contribution < 1.29 is 18.0 Å². The fourth-order valence-corrected chi connectivity index (χ4v) is 3.56. The summed E-state index contributed by atoms with van der Waals surface area (Å²) in [5.74, 6) is -0.718. The van der Waals surface area contributed by atoms with Crippen LogP contribution in [0.1, 0.15) is 64.4 Å². The summed E-state index contributed by atoms with van der Waals surface area (Å²) in [6, 6.07) is 4.33. The highest BCUT2D eigenvalue weighted by molar-refractivity contribution is 7.90. The van der Waals surface area contributed by atoms with Gasteiger partial charge in [-0.25, -0.2) is 13.1 Å². The summed E-state index contributed by atoms with van der Waals surface area (Å²) in [6.45, 7) is 5.22. The maximum atomic E-state index is 12.3. The first-order chi connectivity index (χ1) is 11.8. The largest absolute Gasteiger partial charge is 0.326 e. The minimum absolute atomic E-state index is 0.00963. The van der Waals surface area contributed by atoms with Gasteiger partial charge >= 0.3 is 0 Å². The highest BCUT2D eigenvalue weighted by atomic mass is 32.2. The van der Waals surface area contributed by atoms with E-state index in [1.54, 1.807) is 6.92 Å². The van der Waals surface area contributed by atoms with Crippen LogP contribution in [-0.2, 0) is 19.6 Å². The predicted octanol–water partition coefficient (Wildman–Crippen LogP) is 3.51. The van der Waals surface area contributed by atoms with E-state index in [0.29, 0.717) is 17.7 Å². The Morgan fingerprint density at radius 3 is 2.28 bits per heavy atom. The zero-order chi connectivity index (χ0) is 18.9. The van der Waals surface area contributed by atoms with Crippen LogP contribution in [0.3, 0.4) is 0 Å². The second-order valence-corrected chi connectivity index (χ2v) is 7.89. The number of carbonyl (C=O) groups excluding carboxylic acids is 2. The molecule has 0 saturated carbocycles. The molecular formula is C18H28N2O4S. The van der Waals surface area contributed by atoms with Crippen LogP contribution in [-0.4, -0.2) is 20.2 Å². The molecule has 2 N–H and O–H groups in total. The first-order valence-electron chi connectivity index (χ1n) is 8.70. The van der Waals surface area contributed by atoms with Gasteiger partial charge in [-0.05, 0) is 37.1 Å². The van der Waals surface area contributed by atoms with E-state index < -0.39 is 15.9 Å². The molecule has 0 aromatic heterocycles. The normalized spacial score (nSPS) is 11.2. The first-order valence-corrected chi connectivity index (χ1v) is 10.2. The number of rotatable bonds is 10. The maximum Gasteiger partial charge on any atom is 0.264 e. The molecule has 0 aliphatic heterocycles. The van der Waals surface area contributed by atoms with Gasteiger partial charge in [-0.15, -0.1) is 0 Å². The molecule has 25 heavy (non-hydrogen) atoms. The van der Waals surface area contributed by atoms with Crippen LogP contribution in [0.4, 0.5) is 5.69 Å². The second kappa shape index (κ2) is 10.2. The second-order valence-electron chi connectivity index (χ2n) is 6.20. The molecule has 1 aromatic rings. The van der Waals surface area contributed by atoms with Gasteiger partial charge in [-0.3, -0.25) is 9.59 Å². The number of unbranched alkanes of at least 4 members (excludes halogenated alkanes) is 5. The van der Waals surface area contributed by atoms with Crippen LogP contribution >= 0.6 is 0 Å². The Kier molecular flexibility index (Phi) is 8.61. The molecular weight excluding hydrogens is 340 g/mol. The lowest BCUT2D eigenvalue weighted by Gasteiger charge is -2.10. The average Bonchev–Trinajstić information content (AvgIpc) is 2.51. The van der Waals surface area contributed by atoms with Crippen molar-refractivity contribution in [1.29, 1.82) is 0 Å². The van der Waals surface area contributed by atoms with Gasteiger partial charge in [0, 0.05) is 19.0 Å². The number of benzene rings is 1. The molecule has 140 valence electrons. The smallest absolute Gasteiger partial charge is 0.264 e. The van der Waals surface area contributed by atoms with Crippen molar-refractivity contribution in [2.75, 3.05) is 5.32 Å². The standard InChI is InChI=1S/C18H28N2O4S/c1-4-5-6-7-8-9-10-18(22)20-25(23,24)16-11-12-17(14(2)13-16)19-15(3)21/h11-13H,4-10H2,1-3H3,(H,19,21)(H,20,22). The summed E-state index contributed by atoms with van der Waals surface area (Å²) in [5, 5.41) is 2.62. The molecule has 0 radical (unpaired) electrons. The summed E-state index contributed by atoms with van der Waals surface area (Å²) >= 11 is 0. The molecule has 0 unspecified atom stereocenters. The Balaban J connectivity index is 2.58. The highest BCUT2D eigenvalue weighted by Crippen LogP contribution is 2.19. The Labute approximate surface area is 150 Å². The first kappa shape index (κ1) is 21.2.